The smallest absolute Gasteiger partial charge is 0.260 e. The Hall–Kier alpha value is -4.49. The van der Waals surface area contributed by atoms with E-state index in [0.29, 0.717) is 50.6 Å². The van der Waals surface area contributed by atoms with E-state index in [-0.39, 0.29) is 16.5 Å². The van der Waals surface area contributed by atoms with E-state index in [1.807, 2.05) is 35.1 Å². The second-order valence-electron chi connectivity index (χ2n) is 13.2. The van der Waals surface area contributed by atoms with Crippen LogP contribution in [0.4, 0.5) is 11.4 Å². The van der Waals surface area contributed by atoms with Gasteiger partial charge in [0, 0.05) is 36.4 Å². The standard InChI is InChI=1S/C32H32ClN9O/c1-31(2,3)16-36-26-19(13-34)14-35-28-23(26)8-20(9-24(28)33)38-29(25-15-42(40-39-25)32-10-18(11-32)12-32)21-6-5-7-22-27(21)37-17-41(4)30(22)43/h5-9,14-15,17-18,29,38H,10-12,16H2,1-4H3,(H,35,36)/t18?,29-,32?/m0/s1. The number of hydrogen-bond donors (Lipinski definition) is 2. The molecule has 8 rings (SSSR count). The summed E-state index contributed by atoms with van der Waals surface area (Å²) in [5.41, 5.74) is 4.48. The Morgan fingerprint density at radius 3 is 2.65 bits per heavy atom. The van der Waals surface area contributed by atoms with Crippen LogP contribution < -0.4 is 16.2 Å². The highest BCUT2D eigenvalue weighted by Gasteiger charge is 2.59. The maximum Gasteiger partial charge on any atom is 0.260 e. The molecule has 11 heteroatoms. The van der Waals surface area contributed by atoms with Gasteiger partial charge in [-0.05, 0) is 48.8 Å². The summed E-state index contributed by atoms with van der Waals surface area (Å²) in [6, 6.07) is 11.2. The highest BCUT2D eigenvalue weighted by Crippen LogP contribution is 2.62. The van der Waals surface area contributed by atoms with E-state index in [9.17, 15) is 10.1 Å². The molecule has 3 aromatic heterocycles. The minimum atomic E-state index is -0.490. The third-order valence-electron chi connectivity index (χ3n) is 8.74. The lowest BCUT2D eigenvalue weighted by atomic mass is 9.50. The van der Waals surface area contributed by atoms with E-state index < -0.39 is 6.04 Å². The van der Waals surface area contributed by atoms with Crippen LogP contribution in [0.25, 0.3) is 21.8 Å². The summed E-state index contributed by atoms with van der Waals surface area (Å²) in [7, 11) is 1.69. The summed E-state index contributed by atoms with van der Waals surface area (Å²) in [5, 5.41) is 27.9. The number of nitrogens with zero attached hydrogens (tertiary/aromatic N) is 7. The fraction of sp³-hybridized carbons (Fsp3) is 0.375. The number of benzene rings is 2. The fourth-order valence-corrected chi connectivity index (χ4v) is 6.57. The summed E-state index contributed by atoms with van der Waals surface area (Å²) in [6.07, 6.45) is 8.52. The third-order valence-corrected chi connectivity index (χ3v) is 9.03. The average Bonchev–Trinajstić information content (AvgIpc) is 3.39. The van der Waals surface area contributed by atoms with Gasteiger partial charge < -0.3 is 15.2 Å². The van der Waals surface area contributed by atoms with Gasteiger partial charge in [-0.2, -0.15) is 5.26 Å². The minimum Gasteiger partial charge on any atom is -0.383 e. The van der Waals surface area contributed by atoms with Crippen molar-refractivity contribution < 1.29 is 0 Å². The van der Waals surface area contributed by atoms with Crippen molar-refractivity contribution in [1.82, 2.24) is 29.5 Å². The normalized spacial score (nSPS) is 19.9. The lowest BCUT2D eigenvalue weighted by Crippen LogP contribution is -2.59. The van der Waals surface area contributed by atoms with E-state index >= 15 is 0 Å². The van der Waals surface area contributed by atoms with E-state index in [1.54, 1.807) is 25.6 Å². The number of nitrogens with one attached hydrogen (secondary N) is 2. The molecule has 0 spiro atoms. The Morgan fingerprint density at radius 2 is 1.95 bits per heavy atom. The Kier molecular flexibility index (Phi) is 6.22. The van der Waals surface area contributed by atoms with Crippen molar-refractivity contribution in [3.8, 4) is 6.07 Å². The van der Waals surface area contributed by atoms with Gasteiger partial charge in [-0.1, -0.05) is 49.7 Å². The maximum absolute atomic E-state index is 13.0. The zero-order chi connectivity index (χ0) is 30.1. The number of fused-ring (bicyclic) bond motifs is 2. The molecular weight excluding hydrogens is 562 g/mol. The van der Waals surface area contributed by atoms with E-state index in [0.717, 1.165) is 36.1 Å². The van der Waals surface area contributed by atoms with Gasteiger partial charge in [0.05, 0.1) is 56.8 Å². The van der Waals surface area contributed by atoms with Gasteiger partial charge in [-0.3, -0.25) is 9.78 Å². The van der Waals surface area contributed by atoms with Crippen LogP contribution in [-0.2, 0) is 12.6 Å². The van der Waals surface area contributed by atoms with Crippen molar-refractivity contribution in [2.45, 2.75) is 51.6 Å². The topological polar surface area (TPSA) is 126 Å². The Bertz CT molecular complexity index is 2000. The SMILES string of the molecule is Cn1cnc2c([C@H](Nc3cc(Cl)c4ncc(C#N)c(NCC(C)(C)C)c4c3)c3cn(C45CC(C4)C5)nn3)cccc2c1=O. The number of pyridine rings is 1. The highest BCUT2D eigenvalue weighted by molar-refractivity contribution is 6.35. The van der Waals surface area contributed by atoms with Crippen molar-refractivity contribution in [3.05, 3.63) is 81.3 Å². The molecule has 3 aliphatic rings. The summed E-state index contributed by atoms with van der Waals surface area (Å²) in [5.74, 6) is 0.799. The summed E-state index contributed by atoms with van der Waals surface area (Å²) < 4.78 is 3.49. The molecule has 0 aliphatic heterocycles. The van der Waals surface area contributed by atoms with E-state index in [1.165, 1.54) is 4.57 Å². The zero-order valence-corrected chi connectivity index (χ0v) is 25.3. The number of halogens is 1. The maximum atomic E-state index is 13.0. The molecule has 0 unspecified atom stereocenters. The molecule has 2 N–H and O–H groups in total. The second kappa shape index (κ2) is 9.78. The highest BCUT2D eigenvalue weighted by atomic mass is 35.5. The van der Waals surface area contributed by atoms with Crippen LogP contribution in [0.15, 0.2) is 53.8 Å². The van der Waals surface area contributed by atoms with E-state index in [2.05, 4.69) is 57.8 Å². The van der Waals surface area contributed by atoms with Crippen LogP contribution in [0.1, 0.15) is 62.9 Å². The number of nitriles is 1. The van der Waals surface area contributed by atoms with Crippen LogP contribution in [0, 0.1) is 22.7 Å². The lowest BCUT2D eigenvalue weighted by molar-refractivity contribution is -0.0989. The first-order valence-electron chi connectivity index (χ1n) is 14.4. The van der Waals surface area contributed by atoms with Crippen LogP contribution in [0.2, 0.25) is 5.02 Å². The molecule has 10 nitrogen and oxygen atoms in total. The quantitative estimate of drug-likeness (QED) is 0.244. The molecule has 0 radical (unpaired) electrons. The number of rotatable bonds is 7. The molecule has 43 heavy (non-hydrogen) atoms. The molecule has 3 aliphatic carbocycles. The second-order valence-corrected chi connectivity index (χ2v) is 13.6. The van der Waals surface area contributed by atoms with E-state index in [4.69, 9.17) is 11.6 Å². The van der Waals surface area contributed by atoms with Crippen LogP contribution >= 0.6 is 11.6 Å². The van der Waals surface area contributed by atoms with Crippen molar-refractivity contribution in [2.75, 3.05) is 17.2 Å². The molecule has 0 amide bonds. The van der Waals surface area contributed by atoms with Crippen molar-refractivity contribution in [3.63, 3.8) is 0 Å². The van der Waals surface area contributed by atoms with Crippen LogP contribution in [-0.4, -0.2) is 36.1 Å². The number of aromatic nitrogens is 6. The molecule has 0 saturated heterocycles. The Labute approximate surface area is 253 Å². The molecule has 3 heterocycles. The van der Waals surface area contributed by atoms with Crippen molar-refractivity contribution in [1.29, 1.82) is 5.26 Å². The van der Waals surface area contributed by atoms with Crippen molar-refractivity contribution in [2.24, 2.45) is 18.4 Å². The monoisotopic (exact) mass is 593 g/mol. The summed E-state index contributed by atoms with van der Waals surface area (Å²) in [6.45, 7) is 7.05. The summed E-state index contributed by atoms with van der Waals surface area (Å²) in [4.78, 5) is 22.2. The lowest BCUT2D eigenvalue weighted by Gasteiger charge is -2.61. The van der Waals surface area contributed by atoms with Gasteiger partial charge in [0.1, 0.15) is 11.8 Å². The molecule has 2 bridgehead atoms. The first kappa shape index (κ1) is 27.3. The number of anilines is 2. The fourth-order valence-electron chi connectivity index (χ4n) is 6.30. The molecule has 218 valence electrons. The molecule has 3 saturated carbocycles. The summed E-state index contributed by atoms with van der Waals surface area (Å²) >= 11 is 6.82. The first-order chi connectivity index (χ1) is 20.5. The molecule has 3 fully saturated rings. The van der Waals surface area contributed by atoms with Gasteiger partial charge in [0.25, 0.3) is 5.56 Å². The zero-order valence-electron chi connectivity index (χ0n) is 24.5. The van der Waals surface area contributed by atoms with Gasteiger partial charge >= 0.3 is 0 Å². The Morgan fingerprint density at radius 1 is 1.16 bits per heavy atom. The van der Waals surface area contributed by atoms with Crippen LogP contribution in [0.3, 0.4) is 0 Å². The number of aryl methyl sites for hydroxylation is 1. The van der Waals surface area contributed by atoms with Gasteiger partial charge in [0.15, 0.2) is 0 Å². The Balaban J connectivity index is 1.37. The van der Waals surface area contributed by atoms with Crippen molar-refractivity contribution >= 4 is 44.8 Å². The molecule has 5 aromatic rings. The minimum absolute atomic E-state index is 0.0162. The van der Waals surface area contributed by atoms with Gasteiger partial charge in [-0.25, -0.2) is 9.67 Å². The molecule has 1 atom stereocenters. The molecule has 2 aromatic carbocycles. The predicted octanol–water partition coefficient (Wildman–Crippen LogP) is 5.77. The third kappa shape index (κ3) is 4.59. The number of hydrogen-bond acceptors (Lipinski definition) is 8. The van der Waals surface area contributed by atoms with Gasteiger partial charge in [0.2, 0.25) is 0 Å². The average molecular weight is 594 g/mol. The van der Waals surface area contributed by atoms with Gasteiger partial charge in [-0.15, -0.1) is 5.10 Å². The predicted molar refractivity (Wildman–Crippen MR) is 167 cm³/mol. The first-order valence-corrected chi connectivity index (χ1v) is 14.8. The largest absolute Gasteiger partial charge is 0.383 e. The van der Waals surface area contributed by atoms with Crippen LogP contribution in [0.5, 0.6) is 0 Å². The molecular formula is C32H32ClN9O. The number of para-hydroxylation sites is 1.